The monoisotopic (exact) mass is 570 g/mol. The van der Waals surface area contributed by atoms with Crippen molar-refractivity contribution in [2.75, 3.05) is 23.4 Å². The summed E-state index contributed by atoms with van der Waals surface area (Å²) in [6, 6.07) is 8.04. The number of carboxylic acids is 1. The summed E-state index contributed by atoms with van der Waals surface area (Å²) >= 11 is 0. The van der Waals surface area contributed by atoms with Crippen LogP contribution in [0.15, 0.2) is 30.3 Å². The van der Waals surface area contributed by atoms with Crippen molar-refractivity contribution in [1.29, 1.82) is 0 Å². The van der Waals surface area contributed by atoms with E-state index in [9.17, 15) is 18.3 Å². The van der Waals surface area contributed by atoms with E-state index in [4.69, 9.17) is 15.2 Å². The second-order valence-corrected chi connectivity index (χ2v) is 13.0. The predicted octanol–water partition coefficient (Wildman–Crippen LogP) is 5.90. The quantitative estimate of drug-likeness (QED) is 0.354. The summed E-state index contributed by atoms with van der Waals surface area (Å²) in [6.45, 7) is 10.3. The summed E-state index contributed by atoms with van der Waals surface area (Å²) < 4.78 is 54.5. The van der Waals surface area contributed by atoms with Gasteiger partial charge < -0.3 is 20.3 Å². The highest BCUT2D eigenvalue weighted by Crippen LogP contribution is 2.53. The molecule has 0 saturated carbocycles. The molecule has 214 valence electrons. The fourth-order valence-electron chi connectivity index (χ4n) is 5.54. The van der Waals surface area contributed by atoms with Crippen LogP contribution < -0.4 is 14.8 Å². The first-order valence-corrected chi connectivity index (χ1v) is 14.6. The van der Waals surface area contributed by atoms with Crippen LogP contribution in [0.25, 0.3) is 22.3 Å². The number of carbonyl (C=O) groups is 1. The maximum atomic E-state index is 15.5. The number of fused-ring (bicyclic) bond motifs is 3. The van der Waals surface area contributed by atoms with E-state index in [0.29, 0.717) is 50.4 Å². The van der Waals surface area contributed by atoms with Gasteiger partial charge in [0.05, 0.1) is 36.9 Å². The Morgan fingerprint density at radius 2 is 1.70 bits per heavy atom. The van der Waals surface area contributed by atoms with Crippen LogP contribution in [0.1, 0.15) is 54.7 Å². The van der Waals surface area contributed by atoms with Crippen molar-refractivity contribution in [2.24, 2.45) is 0 Å². The number of halogens is 1. The number of aliphatic carboxylic acids is 1. The zero-order chi connectivity index (χ0) is 29.9. The van der Waals surface area contributed by atoms with Crippen LogP contribution >= 0.6 is 0 Å². The van der Waals surface area contributed by atoms with Gasteiger partial charge in [0.15, 0.2) is 6.10 Å². The lowest BCUT2D eigenvalue weighted by Gasteiger charge is -2.37. The predicted molar refractivity (Wildman–Crippen MR) is 155 cm³/mol. The van der Waals surface area contributed by atoms with Gasteiger partial charge in [0.2, 0.25) is 10.0 Å². The smallest absolute Gasteiger partial charge is 0.337 e. The molecule has 3 aromatic rings. The van der Waals surface area contributed by atoms with E-state index in [2.05, 4.69) is 0 Å². The normalized spacial score (nSPS) is 14.0. The van der Waals surface area contributed by atoms with Crippen molar-refractivity contribution < 1.29 is 32.2 Å². The summed E-state index contributed by atoms with van der Waals surface area (Å²) in [4.78, 5) is 12.8. The number of ether oxygens (including phenoxy) is 2. The van der Waals surface area contributed by atoms with Gasteiger partial charge in [0.1, 0.15) is 11.6 Å². The molecule has 3 N–H and O–H groups in total. The molecule has 10 heteroatoms. The first-order valence-electron chi connectivity index (χ1n) is 12.8. The lowest BCUT2D eigenvalue weighted by atomic mass is 9.79. The van der Waals surface area contributed by atoms with E-state index >= 15 is 4.39 Å². The summed E-state index contributed by atoms with van der Waals surface area (Å²) in [5.74, 6) is -1.29. The first-order chi connectivity index (χ1) is 18.5. The molecule has 0 fully saturated rings. The zero-order valence-corrected chi connectivity index (χ0v) is 24.8. The molecular weight excluding hydrogens is 535 g/mol. The third-order valence-electron chi connectivity index (χ3n) is 7.25. The van der Waals surface area contributed by atoms with E-state index in [0.717, 1.165) is 6.26 Å². The number of nitrogen functional groups attached to an aromatic ring is 1. The van der Waals surface area contributed by atoms with Gasteiger partial charge in [-0.1, -0.05) is 18.2 Å². The Morgan fingerprint density at radius 1 is 1.05 bits per heavy atom. The summed E-state index contributed by atoms with van der Waals surface area (Å²) in [7, 11) is -2.35. The summed E-state index contributed by atoms with van der Waals surface area (Å²) in [5, 5.41) is 10.5. The Balaban J connectivity index is 2.28. The minimum absolute atomic E-state index is 0.0929. The highest BCUT2D eigenvalue weighted by Gasteiger charge is 2.39. The van der Waals surface area contributed by atoms with Gasteiger partial charge in [-0.2, -0.15) is 0 Å². The van der Waals surface area contributed by atoms with Crippen LogP contribution in [0.3, 0.4) is 0 Å². The number of rotatable bonds is 6. The highest BCUT2D eigenvalue weighted by atomic mass is 32.2. The molecule has 0 bridgehead atoms. The molecule has 4 rings (SSSR count). The number of nitrogens with zero attached hydrogens (tertiary/aromatic N) is 1. The molecule has 0 aliphatic carbocycles. The molecule has 0 saturated heterocycles. The van der Waals surface area contributed by atoms with Gasteiger partial charge in [0.25, 0.3) is 0 Å². The number of anilines is 2. The Labute approximate surface area is 234 Å². The van der Waals surface area contributed by atoms with E-state index < -0.39 is 33.5 Å². The molecule has 3 aromatic carbocycles. The molecule has 1 aliphatic heterocycles. The number of nitrogens with two attached hydrogens (primary N) is 1. The molecule has 0 radical (unpaired) electrons. The molecule has 0 spiro atoms. The highest BCUT2D eigenvalue weighted by molar-refractivity contribution is 7.92. The van der Waals surface area contributed by atoms with Crippen LogP contribution in [-0.2, 0) is 26.1 Å². The largest absolute Gasteiger partial charge is 0.495 e. The number of benzene rings is 3. The van der Waals surface area contributed by atoms with Crippen LogP contribution in [0.4, 0.5) is 15.8 Å². The van der Waals surface area contributed by atoms with Crippen LogP contribution in [0.2, 0.25) is 0 Å². The Kier molecular flexibility index (Phi) is 7.40. The first kappa shape index (κ1) is 29.4. The Hall–Kier alpha value is -3.63. The van der Waals surface area contributed by atoms with Gasteiger partial charge in [-0.05, 0) is 87.1 Å². The van der Waals surface area contributed by atoms with Crippen molar-refractivity contribution in [1.82, 2.24) is 0 Å². The number of methoxy groups -OCH3 is 1. The average Bonchev–Trinajstić information content (AvgIpc) is 2.84. The van der Waals surface area contributed by atoms with Crippen molar-refractivity contribution >= 4 is 27.4 Å². The number of sulfonamides is 1. The molecule has 1 aliphatic rings. The summed E-state index contributed by atoms with van der Waals surface area (Å²) in [6.07, 6.45) is -0.386. The second kappa shape index (κ2) is 10.1. The fourth-order valence-corrected chi connectivity index (χ4v) is 6.47. The maximum Gasteiger partial charge on any atom is 0.337 e. The zero-order valence-electron chi connectivity index (χ0n) is 24.0. The molecule has 1 heterocycles. The summed E-state index contributed by atoms with van der Waals surface area (Å²) in [5.41, 5.74) is 10.2. The minimum Gasteiger partial charge on any atom is -0.495 e. The lowest BCUT2D eigenvalue weighted by Crippen LogP contribution is -2.35. The van der Waals surface area contributed by atoms with Crippen LogP contribution in [0.5, 0.6) is 5.75 Å². The van der Waals surface area contributed by atoms with Gasteiger partial charge in [-0.25, -0.2) is 17.6 Å². The third-order valence-corrected chi connectivity index (χ3v) is 8.36. The number of hydrogen-bond donors (Lipinski definition) is 2. The van der Waals surface area contributed by atoms with Crippen molar-refractivity contribution in [3.05, 3.63) is 64.0 Å². The standard InChI is InChI=1S/C30H35FN2O6S/c1-15-19(12-13-21(38-7)26(15)32)22-16(2)23-25-18(10-9-11-20(25)31)14-33(40(8,36)37)27(23)17(3)24(22)28(29(34)35)39-30(4,5)6/h9-13,28H,14,32H2,1-8H3,(H,34,35)/t28-/m0/s1. The molecule has 1 atom stereocenters. The molecule has 0 aromatic heterocycles. The van der Waals surface area contributed by atoms with Crippen molar-refractivity contribution in [3.63, 3.8) is 0 Å². The van der Waals surface area contributed by atoms with Crippen LogP contribution in [-0.4, -0.2) is 38.5 Å². The van der Waals surface area contributed by atoms with Crippen molar-refractivity contribution in [2.45, 2.75) is 59.8 Å². The van der Waals surface area contributed by atoms with E-state index in [1.54, 1.807) is 65.8 Å². The average molecular weight is 571 g/mol. The Bertz CT molecular complexity index is 1640. The van der Waals surface area contributed by atoms with E-state index in [-0.39, 0.29) is 23.4 Å². The van der Waals surface area contributed by atoms with Gasteiger partial charge in [0, 0.05) is 16.7 Å². The second-order valence-electron chi connectivity index (χ2n) is 11.1. The van der Waals surface area contributed by atoms with Crippen molar-refractivity contribution in [3.8, 4) is 28.0 Å². The maximum absolute atomic E-state index is 15.5. The molecule has 0 unspecified atom stereocenters. The topological polar surface area (TPSA) is 119 Å². The fraction of sp³-hybridized carbons (Fsp3) is 0.367. The lowest BCUT2D eigenvalue weighted by molar-refractivity contribution is -0.160. The SMILES string of the molecule is COc1ccc(-c2c(C)c3c(c(C)c2[C@H](OC(C)(C)C)C(=O)O)N(S(C)(=O)=O)Cc2cccc(F)c2-3)c(C)c1N. The molecule has 0 amide bonds. The van der Waals surface area contributed by atoms with Gasteiger partial charge >= 0.3 is 5.97 Å². The van der Waals surface area contributed by atoms with Gasteiger partial charge in [-0.3, -0.25) is 4.31 Å². The van der Waals surface area contributed by atoms with Gasteiger partial charge in [-0.15, -0.1) is 0 Å². The number of hydrogen-bond acceptors (Lipinski definition) is 6. The van der Waals surface area contributed by atoms with E-state index in [1.807, 2.05) is 0 Å². The molecule has 8 nitrogen and oxygen atoms in total. The molecular formula is C30H35FN2O6S. The number of carboxylic acid groups (broad SMARTS) is 1. The van der Waals surface area contributed by atoms with E-state index in [1.165, 1.54) is 17.5 Å². The molecule has 40 heavy (non-hydrogen) atoms. The van der Waals surface area contributed by atoms with Crippen LogP contribution in [0, 0.1) is 26.6 Å². The third kappa shape index (κ3) is 4.90. The Morgan fingerprint density at radius 3 is 2.25 bits per heavy atom. The minimum atomic E-state index is -3.85.